The summed E-state index contributed by atoms with van der Waals surface area (Å²) < 4.78 is 0. The molecule has 0 aliphatic carbocycles. The average Bonchev–Trinajstić information content (AvgIpc) is 2.68. The Hall–Kier alpha value is -0.570. The zero-order valence-corrected chi connectivity index (χ0v) is 11.3. The van der Waals surface area contributed by atoms with Crippen molar-refractivity contribution in [2.45, 2.75) is 46.0 Å². The third-order valence-electron chi connectivity index (χ3n) is 4.20. The predicted octanol–water partition coefficient (Wildman–Crippen LogP) is 2.02. The van der Waals surface area contributed by atoms with E-state index < -0.39 is 0 Å². The smallest absolute Gasteiger partial charge is 0.222 e. The number of hydrogen-bond donors (Lipinski definition) is 1. The van der Waals surface area contributed by atoms with E-state index in [4.69, 9.17) is 0 Å². The van der Waals surface area contributed by atoms with Gasteiger partial charge in [0.1, 0.15) is 0 Å². The molecule has 1 N–H and O–H groups in total. The Kier molecular flexibility index (Phi) is 4.08. The summed E-state index contributed by atoms with van der Waals surface area (Å²) in [5.74, 6) is 1.10. The Morgan fingerprint density at radius 1 is 1.47 bits per heavy atom. The van der Waals surface area contributed by atoms with Gasteiger partial charge >= 0.3 is 0 Å². The first-order valence-corrected chi connectivity index (χ1v) is 7.05. The van der Waals surface area contributed by atoms with Crippen LogP contribution in [0.4, 0.5) is 0 Å². The summed E-state index contributed by atoms with van der Waals surface area (Å²) in [5, 5.41) is 3.42. The monoisotopic (exact) mass is 238 g/mol. The van der Waals surface area contributed by atoms with Gasteiger partial charge in [-0.1, -0.05) is 13.8 Å². The number of nitrogens with one attached hydrogen (secondary N) is 1. The van der Waals surface area contributed by atoms with Gasteiger partial charge in [-0.25, -0.2) is 0 Å². The normalized spacial score (nSPS) is 28.4. The van der Waals surface area contributed by atoms with Crippen molar-refractivity contribution < 1.29 is 4.79 Å². The molecule has 0 radical (unpaired) electrons. The molecule has 3 heteroatoms. The second-order valence-corrected chi connectivity index (χ2v) is 6.48. The Labute approximate surface area is 105 Å². The van der Waals surface area contributed by atoms with Gasteiger partial charge in [-0.05, 0) is 50.1 Å². The highest BCUT2D eigenvalue weighted by Gasteiger charge is 2.31. The van der Waals surface area contributed by atoms with Gasteiger partial charge in [-0.3, -0.25) is 4.79 Å². The van der Waals surface area contributed by atoms with Crippen LogP contribution in [-0.2, 0) is 4.79 Å². The summed E-state index contributed by atoms with van der Waals surface area (Å²) in [7, 11) is 0. The van der Waals surface area contributed by atoms with Crippen LogP contribution in [0, 0.1) is 11.3 Å². The minimum Gasteiger partial charge on any atom is -0.342 e. The van der Waals surface area contributed by atoms with Gasteiger partial charge in [0.2, 0.25) is 5.91 Å². The van der Waals surface area contributed by atoms with E-state index in [2.05, 4.69) is 24.1 Å². The molecule has 98 valence electrons. The van der Waals surface area contributed by atoms with Crippen LogP contribution in [0.25, 0.3) is 0 Å². The first-order valence-electron chi connectivity index (χ1n) is 7.05. The van der Waals surface area contributed by atoms with Gasteiger partial charge in [-0.2, -0.15) is 0 Å². The molecular weight excluding hydrogens is 212 g/mol. The number of piperidine rings is 1. The molecule has 2 aliphatic rings. The number of likely N-dealkylation sites (tertiary alicyclic amines) is 1. The molecule has 0 aromatic carbocycles. The second kappa shape index (κ2) is 5.38. The minimum atomic E-state index is 0.335. The van der Waals surface area contributed by atoms with Crippen molar-refractivity contribution in [2.24, 2.45) is 11.3 Å². The summed E-state index contributed by atoms with van der Waals surface area (Å²) in [6.45, 7) is 8.70. The lowest BCUT2D eigenvalue weighted by atomic mass is 9.93. The molecule has 2 saturated heterocycles. The molecular formula is C14H26N2O. The van der Waals surface area contributed by atoms with Crippen molar-refractivity contribution in [1.29, 1.82) is 0 Å². The highest BCUT2D eigenvalue weighted by molar-refractivity contribution is 5.76. The van der Waals surface area contributed by atoms with Crippen LogP contribution in [0.15, 0.2) is 0 Å². The molecule has 2 aliphatic heterocycles. The van der Waals surface area contributed by atoms with Gasteiger partial charge < -0.3 is 10.2 Å². The summed E-state index contributed by atoms with van der Waals surface area (Å²) in [6.07, 6.45) is 5.55. The van der Waals surface area contributed by atoms with Crippen LogP contribution < -0.4 is 5.32 Å². The molecule has 1 unspecified atom stereocenters. The van der Waals surface area contributed by atoms with Crippen molar-refractivity contribution in [3.8, 4) is 0 Å². The van der Waals surface area contributed by atoms with E-state index in [0.29, 0.717) is 11.3 Å². The van der Waals surface area contributed by atoms with E-state index in [9.17, 15) is 4.79 Å². The fourth-order valence-corrected chi connectivity index (χ4v) is 2.98. The van der Waals surface area contributed by atoms with Crippen molar-refractivity contribution in [1.82, 2.24) is 10.2 Å². The second-order valence-electron chi connectivity index (χ2n) is 6.48. The molecule has 0 aromatic rings. The summed E-state index contributed by atoms with van der Waals surface area (Å²) in [6, 6.07) is 0. The number of hydrogen-bond acceptors (Lipinski definition) is 2. The molecule has 2 rings (SSSR count). The number of nitrogens with zero attached hydrogens (tertiary/aromatic N) is 1. The molecule has 0 spiro atoms. The fraction of sp³-hybridized carbons (Fsp3) is 0.929. The van der Waals surface area contributed by atoms with Gasteiger partial charge in [0.05, 0.1) is 0 Å². The zero-order valence-electron chi connectivity index (χ0n) is 11.3. The molecule has 17 heavy (non-hydrogen) atoms. The maximum absolute atomic E-state index is 12.1. The van der Waals surface area contributed by atoms with E-state index >= 15 is 0 Å². The number of rotatable bonds is 3. The molecule has 1 amide bonds. The zero-order chi connectivity index (χ0) is 12.3. The van der Waals surface area contributed by atoms with E-state index in [1.54, 1.807) is 0 Å². The molecule has 1 atom stereocenters. The van der Waals surface area contributed by atoms with E-state index in [1.165, 1.54) is 12.8 Å². The number of carbonyl (C=O) groups excluding carboxylic acids is 1. The van der Waals surface area contributed by atoms with Crippen LogP contribution in [-0.4, -0.2) is 37.0 Å². The average molecular weight is 238 g/mol. The third kappa shape index (κ3) is 3.70. The first kappa shape index (κ1) is 12.9. The van der Waals surface area contributed by atoms with Crippen molar-refractivity contribution in [3.05, 3.63) is 0 Å². The van der Waals surface area contributed by atoms with Crippen LogP contribution in [0.2, 0.25) is 0 Å². The Morgan fingerprint density at radius 2 is 2.29 bits per heavy atom. The predicted molar refractivity (Wildman–Crippen MR) is 69.8 cm³/mol. The number of carbonyl (C=O) groups is 1. The lowest BCUT2D eigenvalue weighted by molar-refractivity contribution is -0.130. The third-order valence-corrected chi connectivity index (χ3v) is 4.20. The van der Waals surface area contributed by atoms with Crippen LogP contribution in [0.3, 0.4) is 0 Å². The van der Waals surface area contributed by atoms with Crippen LogP contribution >= 0.6 is 0 Å². The Bertz CT molecular complexity index is 269. The SMILES string of the molecule is CC1(C)CCN(C(=O)CCC2CCCNC2)C1. The molecule has 2 heterocycles. The summed E-state index contributed by atoms with van der Waals surface area (Å²) in [4.78, 5) is 14.1. The minimum absolute atomic E-state index is 0.335. The van der Waals surface area contributed by atoms with Crippen molar-refractivity contribution >= 4 is 5.91 Å². The highest BCUT2D eigenvalue weighted by atomic mass is 16.2. The summed E-state index contributed by atoms with van der Waals surface area (Å²) in [5.41, 5.74) is 0.335. The molecule has 0 aromatic heterocycles. The summed E-state index contributed by atoms with van der Waals surface area (Å²) >= 11 is 0. The highest BCUT2D eigenvalue weighted by Crippen LogP contribution is 2.29. The van der Waals surface area contributed by atoms with Crippen molar-refractivity contribution in [3.63, 3.8) is 0 Å². The Morgan fingerprint density at radius 3 is 2.88 bits per heavy atom. The molecule has 0 saturated carbocycles. The Balaban J connectivity index is 1.70. The standard InChI is InChI=1S/C14H26N2O/c1-14(2)7-9-16(11-14)13(17)6-5-12-4-3-8-15-10-12/h12,15H,3-11H2,1-2H3. The fourth-order valence-electron chi connectivity index (χ4n) is 2.98. The van der Waals surface area contributed by atoms with Gasteiger partial charge in [-0.15, -0.1) is 0 Å². The van der Waals surface area contributed by atoms with Gasteiger partial charge in [0, 0.05) is 19.5 Å². The molecule has 2 fully saturated rings. The lowest BCUT2D eigenvalue weighted by Gasteiger charge is -2.24. The van der Waals surface area contributed by atoms with Gasteiger partial charge in [0.15, 0.2) is 0 Å². The van der Waals surface area contributed by atoms with E-state index in [-0.39, 0.29) is 0 Å². The maximum atomic E-state index is 12.1. The first-order chi connectivity index (χ1) is 8.07. The largest absolute Gasteiger partial charge is 0.342 e. The molecule has 3 nitrogen and oxygen atoms in total. The van der Waals surface area contributed by atoms with Gasteiger partial charge in [0.25, 0.3) is 0 Å². The maximum Gasteiger partial charge on any atom is 0.222 e. The quantitative estimate of drug-likeness (QED) is 0.816. The van der Waals surface area contributed by atoms with Crippen molar-refractivity contribution in [2.75, 3.05) is 26.2 Å². The van der Waals surface area contributed by atoms with Crippen LogP contribution in [0.5, 0.6) is 0 Å². The topological polar surface area (TPSA) is 32.3 Å². The number of amides is 1. The van der Waals surface area contributed by atoms with Crippen LogP contribution in [0.1, 0.15) is 46.0 Å². The lowest BCUT2D eigenvalue weighted by Crippen LogP contribution is -2.33. The van der Waals surface area contributed by atoms with E-state index in [1.807, 2.05) is 0 Å². The van der Waals surface area contributed by atoms with E-state index in [0.717, 1.165) is 51.4 Å². The molecule has 0 bridgehead atoms.